The molecule has 3 aromatic rings. The molecule has 0 unspecified atom stereocenters. The Labute approximate surface area is 172 Å². The Kier molecular flexibility index (Phi) is 6.11. The van der Waals surface area contributed by atoms with Crippen LogP contribution in [0.1, 0.15) is 29.5 Å². The van der Waals surface area contributed by atoms with Gasteiger partial charge >= 0.3 is 0 Å². The molecule has 1 saturated heterocycles. The van der Waals surface area contributed by atoms with Crippen LogP contribution in [0.15, 0.2) is 83.5 Å². The van der Waals surface area contributed by atoms with Gasteiger partial charge in [-0.05, 0) is 48.6 Å². The molecule has 4 heteroatoms. The highest BCUT2D eigenvalue weighted by molar-refractivity contribution is 6.04. The first-order valence-electron chi connectivity index (χ1n) is 10.4. The number of amides is 1. The number of hydrogen-bond donors (Lipinski definition) is 0. The molecule has 4 nitrogen and oxygen atoms in total. The van der Waals surface area contributed by atoms with Gasteiger partial charge in [0.15, 0.2) is 5.76 Å². The minimum absolute atomic E-state index is 0.0595. The molecular weight excluding hydrogens is 360 g/mol. The number of furan rings is 1. The summed E-state index contributed by atoms with van der Waals surface area (Å²) in [6, 6.07) is 24.3. The Bertz CT molecular complexity index is 893. The quantitative estimate of drug-likeness (QED) is 0.604. The third-order valence-electron chi connectivity index (χ3n) is 5.82. The first-order chi connectivity index (χ1) is 14.2. The summed E-state index contributed by atoms with van der Waals surface area (Å²) in [6.45, 7) is 5.30. The van der Waals surface area contributed by atoms with E-state index in [0.717, 1.165) is 38.2 Å². The van der Waals surface area contributed by atoms with Crippen molar-refractivity contribution >= 4 is 11.6 Å². The number of anilines is 1. The second-order valence-corrected chi connectivity index (χ2v) is 7.86. The summed E-state index contributed by atoms with van der Waals surface area (Å²) in [4.78, 5) is 17.7. The summed E-state index contributed by atoms with van der Waals surface area (Å²) in [5.41, 5.74) is 2.31. The number of rotatable bonds is 6. The van der Waals surface area contributed by atoms with Crippen molar-refractivity contribution in [2.24, 2.45) is 5.92 Å². The van der Waals surface area contributed by atoms with Gasteiger partial charge in [0, 0.05) is 31.4 Å². The first kappa shape index (κ1) is 19.5. The fourth-order valence-electron chi connectivity index (χ4n) is 4.31. The van der Waals surface area contributed by atoms with E-state index >= 15 is 0 Å². The second-order valence-electron chi connectivity index (χ2n) is 7.86. The fourth-order valence-corrected chi connectivity index (χ4v) is 4.31. The minimum atomic E-state index is -0.0595. The molecule has 1 aromatic heterocycles. The molecule has 1 amide bonds. The van der Waals surface area contributed by atoms with Crippen molar-refractivity contribution in [1.82, 2.24) is 4.90 Å². The van der Waals surface area contributed by atoms with E-state index in [-0.39, 0.29) is 11.9 Å². The third kappa shape index (κ3) is 4.60. The summed E-state index contributed by atoms with van der Waals surface area (Å²) >= 11 is 0. The number of nitrogens with zero attached hydrogens (tertiary/aromatic N) is 2. The van der Waals surface area contributed by atoms with E-state index in [1.54, 1.807) is 18.4 Å². The van der Waals surface area contributed by atoms with Crippen LogP contribution in [0, 0.1) is 5.92 Å². The predicted molar refractivity (Wildman–Crippen MR) is 116 cm³/mol. The normalized spacial score (nSPS) is 19.8. The molecule has 2 aromatic carbocycles. The molecule has 29 heavy (non-hydrogen) atoms. The smallest absolute Gasteiger partial charge is 0.294 e. The Balaban J connectivity index is 1.47. The molecule has 1 aliphatic rings. The molecule has 0 N–H and O–H groups in total. The standard InChI is InChI=1S/C25H28N2O2/c1-20-19-26(16-14-21-9-4-2-5-10-21)17-15-23(20)27(22-11-6-3-7-12-22)25(28)24-13-8-18-29-24/h2-13,18,20,23H,14-17,19H2,1H3/t20-,23+/m0/s1. The van der Waals surface area contributed by atoms with Crippen LogP contribution in [-0.2, 0) is 6.42 Å². The lowest BCUT2D eigenvalue weighted by molar-refractivity contribution is 0.0906. The molecule has 2 heterocycles. The minimum Gasteiger partial charge on any atom is -0.459 e. The predicted octanol–water partition coefficient (Wildman–Crippen LogP) is 4.88. The number of carbonyl (C=O) groups excluding carboxylic acids is 1. The SMILES string of the molecule is C[C@H]1CN(CCc2ccccc2)CC[C@H]1N(C(=O)c1ccco1)c1ccccc1. The molecule has 0 radical (unpaired) electrons. The van der Waals surface area contributed by atoms with E-state index in [4.69, 9.17) is 4.42 Å². The number of hydrogen-bond acceptors (Lipinski definition) is 3. The highest BCUT2D eigenvalue weighted by Gasteiger charge is 2.35. The van der Waals surface area contributed by atoms with E-state index in [9.17, 15) is 4.79 Å². The molecule has 2 atom stereocenters. The lowest BCUT2D eigenvalue weighted by atomic mass is 9.91. The van der Waals surface area contributed by atoms with Crippen molar-refractivity contribution in [3.05, 3.63) is 90.4 Å². The van der Waals surface area contributed by atoms with E-state index in [1.165, 1.54) is 5.56 Å². The van der Waals surface area contributed by atoms with Gasteiger partial charge in [0.05, 0.1) is 6.26 Å². The molecule has 4 rings (SSSR count). The van der Waals surface area contributed by atoms with Crippen LogP contribution in [0.5, 0.6) is 0 Å². The van der Waals surface area contributed by atoms with Crippen molar-refractivity contribution in [3.63, 3.8) is 0 Å². The van der Waals surface area contributed by atoms with Crippen LogP contribution in [-0.4, -0.2) is 36.5 Å². The molecule has 0 aliphatic carbocycles. The largest absolute Gasteiger partial charge is 0.459 e. The van der Waals surface area contributed by atoms with Gasteiger partial charge in [-0.3, -0.25) is 4.79 Å². The van der Waals surface area contributed by atoms with Gasteiger partial charge in [0.1, 0.15) is 0 Å². The molecule has 0 spiro atoms. The Morgan fingerprint density at radius 2 is 1.76 bits per heavy atom. The van der Waals surface area contributed by atoms with Crippen LogP contribution < -0.4 is 4.90 Å². The van der Waals surface area contributed by atoms with Gasteiger partial charge < -0.3 is 14.2 Å². The van der Waals surface area contributed by atoms with Crippen molar-refractivity contribution in [3.8, 4) is 0 Å². The Hall–Kier alpha value is -2.85. The molecular formula is C25H28N2O2. The third-order valence-corrected chi connectivity index (χ3v) is 5.82. The zero-order chi connectivity index (χ0) is 20.1. The van der Waals surface area contributed by atoms with Gasteiger partial charge in [-0.25, -0.2) is 0 Å². The number of likely N-dealkylation sites (tertiary alicyclic amines) is 1. The second kappa shape index (κ2) is 9.10. The fraction of sp³-hybridized carbons (Fsp3) is 0.320. The van der Waals surface area contributed by atoms with E-state index < -0.39 is 0 Å². The van der Waals surface area contributed by atoms with Crippen LogP contribution in [0.2, 0.25) is 0 Å². The zero-order valence-corrected chi connectivity index (χ0v) is 16.9. The Morgan fingerprint density at radius 1 is 1.03 bits per heavy atom. The summed E-state index contributed by atoms with van der Waals surface area (Å²) in [6.07, 6.45) is 3.58. The van der Waals surface area contributed by atoms with Gasteiger partial charge in [-0.15, -0.1) is 0 Å². The molecule has 1 aliphatic heterocycles. The lowest BCUT2D eigenvalue weighted by Gasteiger charge is -2.42. The maximum Gasteiger partial charge on any atom is 0.294 e. The summed E-state index contributed by atoms with van der Waals surface area (Å²) in [5, 5.41) is 0. The summed E-state index contributed by atoms with van der Waals surface area (Å²) in [5.74, 6) is 0.710. The summed E-state index contributed by atoms with van der Waals surface area (Å²) < 4.78 is 5.43. The number of benzene rings is 2. The molecule has 150 valence electrons. The van der Waals surface area contributed by atoms with Gasteiger partial charge in [-0.1, -0.05) is 55.5 Å². The maximum absolute atomic E-state index is 13.3. The number of piperidine rings is 1. The van der Waals surface area contributed by atoms with Crippen molar-refractivity contribution in [1.29, 1.82) is 0 Å². The monoisotopic (exact) mass is 388 g/mol. The first-order valence-corrected chi connectivity index (χ1v) is 10.4. The lowest BCUT2D eigenvalue weighted by Crippen LogP contribution is -2.52. The van der Waals surface area contributed by atoms with E-state index in [0.29, 0.717) is 11.7 Å². The maximum atomic E-state index is 13.3. The number of para-hydroxylation sites is 1. The molecule has 0 saturated carbocycles. The summed E-state index contributed by atoms with van der Waals surface area (Å²) in [7, 11) is 0. The average Bonchev–Trinajstić information content (AvgIpc) is 3.30. The van der Waals surface area contributed by atoms with Crippen molar-refractivity contribution in [2.45, 2.75) is 25.8 Å². The highest BCUT2D eigenvalue weighted by Crippen LogP contribution is 2.29. The van der Waals surface area contributed by atoms with Gasteiger partial charge in [-0.2, -0.15) is 0 Å². The van der Waals surface area contributed by atoms with Crippen LogP contribution in [0.25, 0.3) is 0 Å². The van der Waals surface area contributed by atoms with E-state index in [1.807, 2.05) is 35.2 Å². The number of carbonyl (C=O) groups is 1. The zero-order valence-electron chi connectivity index (χ0n) is 16.9. The van der Waals surface area contributed by atoms with Crippen LogP contribution in [0.4, 0.5) is 5.69 Å². The van der Waals surface area contributed by atoms with E-state index in [2.05, 4.69) is 42.2 Å². The average molecular weight is 389 g/mol. The van der Waals surface area contributed by atoms with Crippen LogP contribution in [0.3, 0.4) is 0 Å². The molecule has 1 fully saturated rings. The Morgan fingerprint density at radius 3 is 2.41 bits per heavy atom. The highest BCUT2D eigenvalue weighted by atomic mass is 16.3. The topological polar surface area (TPSA) is 36.7 Å². The van der Waals surface area contributed by atoms with Crippen molar-refractivity contribution in [2.75, 3.05) is 24.5 Å². The van der Waals surface area contributed by atoms with Gasteiger partial charge in [0.25, 0.3) is 5.91 Å². The van der Waals surface area contributed by atoms with Gasteiger partial charge in [0.2, 0.25) is 0 Å². The van der Waals surface area contributed by atoms with Crippen molar-refractivity contribution < 1.29 is 9.21 Å². The van der Waals surface area contributed by atoms with Crippen LogP contribution >= 0.6 is 0 Å². The molecule has 0 bridgehead atoms.